The van der Waals surface area contributed by atoms with Crippen molar-refractivity contribution in [2.24, 2.45) is 0 Å². The van der Waals surface area contributed by atoms with Crippen molar-refractivity contribution in [1.82, 2.24) is 0 Å². The van der Waals surface area contributed by atoms with Crippen molar-refractivity contribution in [2.45, 2.75) is 33.6 Å². The Labute approximate surface area is 148 Å². The van der Waals surface area contributed by atoms with Crippen molar-refractivity contribution >= 4 is 11.6 Å². The minimum atomic E-state index is -0.319. The van der Waals surface area contributed by atoms with Crippen molar-refractivity contribution in [2.75, 3.05) is 18.5 Å². The predicted molar refractivity (Wildman–Crippen MR) is 98.8 cm³/mol. The largest absolute Gasteiger partial charge is 0.506 e. The molecule has 0 aromatic heterocycles. The number of ether oxygens (including phenoxy) is 2. The fourth-order valence-electron chi connectivity index (χ4n) is 2.31. The standard InChI is InChI=1S/C20H25NO4/c1-4-6-11-25-18-10-8-15(13-19(18)24-5-2)20(23)21-16-9-7-14(3)12-17(16)22/h7-10,12-13,22H,4-6,11H2,1-3H3,(H,21,23). The van der Waals surface area contributed by atoms with Gasteiger partial charge in [-0.1, -0.05) is 19.4 Å². The zero-order valence-electron chi connectivity index (χ0n) is 15.0. The number of nitrogens with one attached hydrogen (secondary N) is 1. The van der Waals surface area contributed by atoms with Gasteiger partial charge in [0.25, 0.3) is 5.91 Å². The quantitative estimate of drug-likeness (QED) is 0.546. The van der Waals surface area contributed by atoms with Gasteiger partial charge in [-0.2, -0.15) is 0 Å². The van der Waals surface area contributed by atoms with Gasteiger partial charge in [-0.25, -0.2) is 0 Å². The van der Waals surface area contributed by atoms with Crippen LogP contribution in [-0.2, 0) is 0 Å². The molecule has 0 heterocycles. The molecule has 0 radical (unpaired) electrons. The third kappa shape index (κ3) is 5.14. The first-order chi connectivity index (χ1) is 12.0. The number of phenolic OH excluding ortho intramolecular Hbond substituents is 1. The zero-order valence-corrected chi connectivity index (χ0v) is 15.0. The van der Waals surface area contributed by atoms with Crippen LogP contribution in [0.5, 0.6) is 17.2 Å². The van der Waals surface area contributed by atoms with E-state index in [9.17, 15) is 9.90 Å². The van der Waals surface area contributed by atoms with Gasteiger partial charge in [0.1, 0.15) is 5.75 Å². The van der Waals surface area contributed by atoms with Gasteiger partial charge in [-0.05, 0) is 56.2 Å². The van der Waals surface area contributed by atoms with Crippen LogP contribution in [-0.4, -0.2) is 24.2 Å². The summed E-state index contributed by atoms with van der Waals surface area (Å²) in [6.07, 6.45) is 2.00. The average molecular weight is 343 g/mol. The van der Waals surface area contributed by atoms with Crippen LogP contribution in [0.15, 0.2) is 36.4 Å². The Morgan fingerprint density at radius 2 is 1.88 bits per heavy atom. The number of aromatic hydroxyl groups is 1. The van der Waals surface area contributed by atoms with Gasteiger partial charge in [-0.3, -0.25) is 4.79 Å². The zero-order chi connectivity index (χ0) is 18.2. The summed E-state index contributed by atoms with van der Waals surface area (Å²) in [7, 11) is 0. The number of benzene rings is 2. The maximum absolute atomic E-state index is 12.5. The fourth-order valence-corrected chi connectivity index (χ4v) is 2.31. The summed E-state index contributed by atoms with van der Waals surface area (Å²) >= 11 is 0. The number of hydrogen-bond acceptors (Lipinski definition) is 4. The first-order valence-corrected chi connectivity index (χ1v) is 8.55. The molecule has 5 nitrogen and oxygen atoms in total. The van der Waals surface area contributed by atoms with E-state index in [1.807, 2.05) is 19.9 Å². The summed E-state index contributed by atoms with van der Waals surface area (Å²) in [5.74, 6) is 0.891. The molecule has 2 aromatic rings. The van der Waals surface area contributed by atoms with Crippen LogP contribution in [0.2, 0.25) is 0 Å². The minimum Gasteiger partial charge on any atom is -0.506 e. The number of carbonyl (C=O) groups excluding carboxylic acids is 1. The summed E-state index contributed by atoms with van der Waals surface area (Å²) < 4.78 is 11.3. The topological polar surface area (TPSA) is 67.8 Å². The molecule has 0 fully saturated rings. The van der Waals surface area contributed by atoms with E-state index in [1.54, 1.807) is 30.3 Å². The lowest BCUT2D eigenvalue weighted by molar-refractivity contribution is 0.102. The lowest BCUT2D eigenvalue weighted by Gasteiger charge is -2.13. The molecule has 0 aliphatic carbocycles. The summed E-state index contributed by atoms with van der Waals surface area (Å²) in [6, 6.07) is 10.2. The molecule has 1 amide bonds. The van der Waals surface area contributed by atoms with E-state index >= 15 is 0 Å². The van der Waals surface area contributed by atoms with Gasteiger partial charge < -0.3 is 19.9 Å². The summed E-state index contributed by atoms with van der Waals surface area (Å²) in [6.45, 7) is 6.94. The van der Waals surface area contributed by atoms with Crippen LogP contribution >= 0.6 is 0 Å². The van der Waals surface area contributed by atoms with Crippen LogP contribution in [0.25, 0.3) is 0 Å². The molecule has 2 aromatic carbocycles. The highest BCUT2D eigenvalue weighted by molar-refractivity contribution is 6.05. The van der Waals surface area contributed by atoms with E-state index in [0.29, 0.717) is 36.0 Å². The van der Waals surface area contributed by atoms with E-state index in [1.165, 1.54) is 0 Å². The fraction of sp³-hybridized carbons (Fsp3) is 0.350. The summed E-state index contributed by atoms with van der Waals surface area (Å²) in [4.78, 5) is 12.5. The number of unbranched alkanes of at least 4 members (excludes halogenated alkanes) is 1. The molecule has 0 atom stereocenters. The Bertz CT molecular complexity index is 728. The number of amides is 1. The van der Waals surface area contributed by atoms with Crippen LogP contribution in [0.1, 0.15) is 42.6 Å². The number of hydrogen-bond donors (Lipinski definition) is 2. The Kier molecular flexibility index (Phi) is 6.69. The molecule has 0 aliphatic heterocycles. The molecule has 134 valence electrons. The molecule has 2 rings (SSSR count). The molecule has 25 heavy (non-hydrogen) atoms. The highest BCUT2D eigenvalue weighted by Gasteiger charge is 2.13. The molecule has 0 saturated carbocycles. The molecule has 0 aliphatic rings. The van der Waals surface area contributed by atoms with Crippen LogP contribution in [0, 0.1) is 6.92 Å². The minimum absolute atomic E-state index is 0.0397. The molecule has 5 heteroatoms. The molecule has 0 saturated heterocycles. The van der Waals surface area contributed by atoms with E-state index in [0.717, 1.165) is 18.4 Å². The highest BCUT2D eigenvalue weighted by Crippen LogP contribution is 2.30. The van der Waals surface area contributed by atoms with Gasteiger partial charge in [-0.15, -0.1) is 0 Å². The number of aryl methyl sites for hydroxylation is 1. The highest BCUT2D eigenvalue weighted by atomic mass is 16.5. The maximum atomic E-state index is 12.5. The van der Waals surface area contributed by atoms with E-state index in [4.69, 9.17) is 9.47 Å². The SMILES string of the molecule is CCCCOc1ccc(C(=O)Nc2ccc(C)cc2O)cc1OCC. The van der Waals surface area contributed by atoms with E-state index < -0.39 is 0 Å². The second-order valence-corrected chi connectivity index (χ2v) is 5.77. The molecular formula is C20H25NO4. The third-order valence-corrected chi connectivity index (χ3v) is 3.66. The van der Waals surface area contributed by atoms with Crippen molar-refractivity contribution in [1.29, 1.82) is 0 Å². The van der Waals surface area contributed by atoms with Gasteiger partial charge in [0.2, 0.25) is 0 Å². The Morgan fingerprint density at radius 3 is 2.56 bits per heavy atom. The molecular weight excluding hydrogens is 318 g/mol. The summed E-state index contributed by atoms with van der Waals surface area (Å²) in [5, 5.41) is 12.6. The van der Waals surface area contributed by atoms with E-state index in [-0.39, 0.29) is 11.7 Å². The molecule has 0 unspecified atom stereocenters. The Hall–Kier alpha value is -2.69. The molecule has 0 bridgehead atoms. The lowest BCUT2D eigenvalue weighted by atomic mass is 10.1. The molecule has 2 N–H and O–H groups in total. The average Bonchev–Trinajstić information content (AvgIpc) is 2.59. The number of anilines is 1. The lowest BCUT2D eigenvalue weighted by Crippen LogP contribution is -2.12. The monoisotopic (exact) mass is 343 g/mol. The van der Waals surface area contributed by atoms with E-state index in [2.05, 4.69) is 12.2 Å². The van der Waals surface area contributed by atoms with Gasteiger partial charge in [0, 0.05) is 5.56 Å². The van der Waals surface area contributed by atoms with Crippen molar-refractivity contribution in [3.8, 4) is 17.2 Å². The Balaban J connectivity index is 2.17. The second kappa shape index (κ2) is 8.97. The van der Waals surface area contributed by atoms with Crippen molar-refractivity contribution in [3.05, 3.63) is 47.5 Å². The number of rotatable bonds is 8. The first-order valence-electron chi connectivity index (χ1n) is 8.55. The van der Waals surface area contributed by atoms with Crippen LogP contribution < -0.4 is 14.8 Å². The van der Waals surface area contributed by atoms with Crippen molar-refractivity contribution < 1.29 is 19.4 Å². The number of carbonyl (C=O) groups is 1. The molecule has 0 spiro atoms. The third-order valence-electron chi connectivity index (χ3n) is 3.66. The van der Waals surface area contributed by atoms with Gasteiger partial charge in [0.15, 0.2) is 11.5 Å². The van der Waals surface area contributed by atoms with Gasteiger partial charge >= 0.3 is 0 Å². The van der Waals surface area contributed by atoms with Crippen molar-refractivity contribution in [3.63, 3.8) is 0 Å². The summed E-state index contributed by atoms with van der Waals surface area (Å²) in [5.41, 5.74) is 1.73. The number of phenols is 1. The maximum Gasteiger partial charge on any atom is 0.255 e. The van der Waals surface area contributed by atoms with Crippen LogP contribution in [0.4, 0.5) is 5.69 Å². The van der Waals surface area contributed by atoms with Gasteiger partial charge in [0.05, 0.1) is 18.9 Å². The first kappa shape index (κ1) is 18.6. The Morgan fingerprint density at radius 1 is 1.08 bits per heavy atom. The van der Waals surface area contributed by atoms with Crippen LogP contribution in [0.3, 0.4) is 0 Å². The second-order valence-electron chi connectivity index (χ2n) is 5.77. The normalized spacial score (nSPS) is 10.4. The smallest absolute Gasteiger partial charge is 0.255 e. The predicted octanol–water partition coefficient (Wildman–Crippen LogP) is 4.53.